The van der Waals surface area contributed by atoms with E-state index in [0.717, 1.165) is 16.7 Å². The Bertz CT molecular complexity index is 772. The number of furan rings is 1. The van der Waals surface area contributed by atoms with Gasteiger partial charge in [-0.25, -0.2) is 4.79 Å². The van der Waals surface area contributed by atoms with Gasteiger partial charge in [-0.15, -0.1) is 0 Å². The summed E-state index contributed by atoms with van der Waals surface area (Å²) >= 11 is 0. The molecule has 0 aliphatic carbocycles. The Morgan fingerprint density at radius 1 is 1.05 bits per heavy atom. The molecule has 0 amide bonds. The van der Waals surface area contributed by atoms with Crippen LogP contribution in [0, 0.1) is 0 Å². The first-order chi connectivity index (χ1) is 10.7. The van der Waals surface area contributed by atoms with Gasteiger partial charge in [-0.2, -0.15) is 0 Å². The monoisotopic (exact) mass is 294 g/mol. The summed E-state index contributed by atoms with van der Waals surface area (Å²) in [5, 5.41) is 10.4. The third kappa shape index (κ3) is 3.24. The zero-order chi connectivity index (χ0) is 15.4. The van der Waals surface area contributed by atoms with E-state index >= 15 is 0 Å². The van der Waals surface area contributed by atoms with Crippen molar-refractivity contribution < 1.29 is 19.1 Å². The third-order valence-electron chi connectivity index (χ3n) is 3.12. The predicted octanol–water partition coefficient (Wildman–Crippen LogP) is 3.36. The summed E-state index contributed by atoms with van der Waals surface area (Å²) in [6.45, 7) is 0. The molecule has 2 heterocycles. The highest BCUT2D eigenvalue weighted by Crippen LogP contribution is 2.19. The minimum Gasteiger partial charge on any atom is -0.457 e. The molecule has 0 radical (unpaired) electrons. The molecule has 0 saturated heterocycles. The SMILES string of the molecule is O=C1C=C(/C=C/C=C/C=C/c2cc3ccccc3o2)C(O)O1. The van der Waals surface area contributed by atoms with E-state index in [-0.39, 0.29) is 0 Å². The normalized spacial score (nSPS) is 18.9. The van der Waals surface area contributed by atoms with Gasteiger partial charge >= 0.3 is 5.97 Å². The fourth-order valence-electron chi connectivity index (χ4n) is 2.08. The Morgan fingerprint density at radius 3 is 2.55 bits per heavy atom. The van der Waals surface area contributed by atoms with Crippen LogP contribution in [-0.2, 0) is 9.53 Å². The van der Waals surface area contributed by atoms with Gasteiger partial charge in [0.2, 0.25) is 6.29 Å². The van der Waals surface area contributed by atoms with E-state index < -0.39 is 12.3 Å². The zero-order valence-corrected chi connectivity index (χ0v) is 11.7. The molecule has 1 unspecified atom stereocenters. The zero-order valence-electron chi connectivity index (χ0n) is 11.7. The number of aliphatic hydroxyl groups excluding tert-OH is 1. The first kappa shape index (κ1) is 14.1. The fourth-order valence-corrected chi connectivity index (χ4v) is 2.08. The number of para-hydroxylation sites is 1. The van der Waals surface area contributed by atoms with E-state index in [4.69, 9.17) is 4.42 Å². The Balaban J connectivity index is 1.59. The molecule has 0 bridgehead atoms. The summed E-state index contributed by atoms with van der Waals surface area (Å²) in [4.78, 5) is 10.9. The number of hydrogen-bond donors (Lipinski definition) is 1. The van der Waals surface area contributed by atoms with Crippen molar-refractivity contribution in [1.82, 2.24) is 0 Å². The molecule has 1 atom stereocenters. The summed E-state index contributed by atoms with van der Waals surface area (Å²) in [5.74, 6) is 0.253. The lowest BCUT2D eigenvalue weighted by atomic mass is 10.2. The van der Waals surface area contributed by atoms with Crippen molar-refractivity contribution in [1.29, 1.82) is 0 Å². The second kappa shape index (κ2) is 6.28. The van der Waals surface area contributed by atoms with Crippen LogP contribution in [0.15, 0.2) is 76.8 Å². The third-order valence-corrected chi connectivity index (χ3v) is 3.12. The van der Waals surface area contributed by atoms with Gasteiger partial charge in [-0.3, -0.25) is 0 Å². The molecule has 4 nitrogen and oxygen atoms in total. The van der Waals surface area contributed by atoms with Gasteiger partial charge in [-0.1, -0.05) is 48.6 Å². The molecular weight excluding hydrogens is 280 g/mol. The minimum atomic E-state index is -1.16. The number of aliphatic hydroxyl groups is 1. The number of benzene rings is 1. The van der Waals surface area contributed by atoms with E-state index in [1.807, 2.05) is 48.6 Å². The average molecular weight is 294 g/mol. The van der Waals surface area contributed by atoms with Crippen LogP contribution in [0.3, 0.4) is 0 Å². The second-order valence-electron chi connectivity index (χ2n) is 4.72. The maximum atomic E-state index is 10.9. The number of allylic oxidation sites excluding steroid dienone is 4. The average Bonchev–Trinajstić information content (AvgIpc) is 3.05. The van der Waals surface area contributed by atoms with Gasteiger partial charge in [-0.05, 0) is 18.2 Å². The molecule has 3 rings (SSSR count). The van der Waals surface area contributed by atoms with E-state index in [1.54, 1.807) is 18.2 Å². The van der Waals surface area contributed by atoms with Crippen molar-refractivity contribution in [2.75, 3.05) is 0 Å². The van der Waals surface area contributed by atoms with Crippen molar-refractivity contribution in [3.8, 4) is 0 Å². The molecule has 1 aliphatic heterocycles. The van der Waals surface area contributed by atoms with Gasteiger partial charge in [0.05, 0.1) is 0 Å². The van der Waals surface area contributed by atoms with E-state index in [1.165, 1.54) is 6.08 Å². The van der Waals surface area contributed by atoms with Crippen LogP contribution in [0.5, 0.6) is 0 Å². The minimum absolute atomic E-state index is 0.441. The molecule has 110 valence electrons. The topological polar surface area (TPSA) is 59.7 Å². The number of esters is 1. The molecule has 1 aromatic carbocycles. The van der Waals surface area contributed by atoms with Crippen molar-refractivity contribution in [2.24, 2.45) is 0 Å². The number of hydrogen-bond acceptors (Lipinski definition) is 4. The molecule has 0 fully saturated rings. The largest absolute Gasteiger partial charge is 0.457 e. The summed E-state index contributed by atoms with van der Waals surface area (Å²) in [5.41, 5.74) is 1.30. The van der Waals surface area contributed by atoms with Crippen molar-refractivity contribution in [3.05, 3.63) is 78.1 Å². The van der Waals surface area contributed by atoms with Gasteiger partial charge < -0.3 is 14.3 Å². The van der Waals surface area contributed by atoms with Crippen molar-refractivity contribution >= 4 is 23.0 Å². The smallest absolute Gasteiger partial charge is 0.333 e. The van der Waals surface area contributed by atoms with Gasteiger partial charge in [0.25, 0.3) is 0 Å². The lowest BCUT2D eigenvalue weighted by molar-refractivity contribution is -0.150. The van der Waals surface area contributed by atoms with Crippen LogP contribution in [0.25, 0.3) is 17.0 Å². The van der Waals surface area contributed by atoms with E-state index in [2.05, 4.69) is 4.74 Å². The van der Waals surface area contributed by atoms with Gasteiger partial charge in [0.15, 0.2) is 0 Å². The van der Waals surface area contributed by atoms with Crippen LogP contribution in [0.2, 0.25) is 0 Å². The summed E-state index contributed by atoms with van der Waals surface area (Å²) in [6, 6.07) is 9.80. The maximum absolute atomic E-state index is 10.9. The van der Waals surface area contributed by atoms with Crippen LogP contribution in [0.4, 0.5) is 0 Å². The lowest BCUT2D eigenvalue weighted by Gasteiger charge is -2.01. The van der Waals surface area contributed by atoms with Crippen LogP contribution >= 0.6 is 0 Å². The molecule has 4 heteroatoms. The Labute approximate surface area is 127 Å². The highest BCUT2D eigenvalue weighted by Gasteiger charge is 2.20. The lowest BCUT2D eigenvalue weighted by Crippen LogP contribution is -2.08. The number of carbonyl (C=O) groups excluding carboxylic acids is 1. The van der Waals surface area contributed by atoms with Gasteiger partial charge in [0, 0.05) is 17.0 Å². The number of carbonyl (C=O) groups is 1. The first-order valence-electron chi connectivity index (χ1n) is 6.83. The number of ether oxygens (including phenoxy) is 1. The van der Waals surface area contributed by atoms with Crippen LogP contribution in [-0.4, -0.2) is 17.4 Å². The highest BCUT2D eigenvalue weighted by atomic mass is 16.6. The van der Waals surface area contributed by atoms with E-state index in [9.17, 15) is 9.90 Å². The number of cyclic esters (lactones) is 1. The van der Waals surface area contributed by atoms with Crippen LogP contribution < -0.4 is 0 Å². The molecule has 1 aromatic heterocycles. The predicted molar refractivity (Wildman–Crippen MR) is 83.7 cm³/mol. The molecule has 2 aromatic rings. The molecule has 1 N–H and O–H groups in total. The Morgan fingerprint density at radius 2 is 1.82 bits per heavy atom. The summed E-state index contributed by atoms with van der Waals surface area (Å²) in [7, 11) is 0. The molecule has 22 heavy (non-hydrogen) atoms. The molecule has 0 spiro atoms. The number of rotatable bonds is 4. The first-order valence-corrected chi connectivity index (χ1v) is 6.83. The quantitative estimate of drug-likeness (QED) is 0.694. The van der Waals surface area contributed by atoms with Gasteiger partial charge in [0.1, 0.15) is 11.3 Å². The highest BCUT2D eigenvalue weighted by molar-refractivity contribution is 5.86. The summed E-state index contributed by atoms with van der Waals surface area (Å²) < 4.78 is 10.2. The summed E-state index contributed by atoms with van der Waals surface area (Å²) in [6.07, 6.45) is 10.8. The van der Waals surface area contributed by atoms with Crippen molar-refractivity contribution in [3.63, 3.8) is 0 Å². The number of fused-ring (bicyclic) bond motifs is 1. The standard InChI is InChI=1S/C18H14O4/c19-17-12-14(18(20)22-17)8-3-1-2-4-9-15-11-13-7-5-6-10-16(13)21-15/h1-12,18,20H/b2-1+,8-3+,9-4+. The van der Waals surface area contributed by atoms with Crippen LogP contribution in [0.1, 0.15) is 5.76 Å². The maximum Gasteiger partial charge on any atom is 0.333 e. The Hall–Kier alpha value is -2.85. The molecular formula is C18H14O4. The molecule has 0 saturated carbocycles. The Kier molecular flexibility index (Phi) is 4.03. The second-order valence-corrected chi connectivity index (χ2v) is 4.72. The fraction of sp³-hybridized carbons (Fsp3) is 0.0556. The molecule has 1 aliphatic rings. The van der Waals surface area contributed by atoms with Crippen molar-refractivity contribution in [2.45, 2.75) is 6.29 Å². The van der Waals surface area contributed by atoms with E-state index in [0.29, 0.717) is 5.57 Å².